The van der Waals surface area contributed by atoms with E-state index in [1.807, 2.05) is 0 Å². The minimum Gasteiger partial charge on any atom is -0.569 e. The first-order valence-corrected chi connectivity index (χ1v) is 1.58. The van der Waals surface area contributed by atoms with Gasteiger partial charge in [-0.2, -0.15) is 6.42 Å². The van der Waals surface area contributed by atoms with Crippen molar-refractivity contribution in [1.29, 1.82) is 0 Å². The van der Waals surface area contributed by atoms with Gasteiger partial charge in [0.25, 0.3) is 0 Å². The summed E-state index contributed by atoms with van der Waals surface area (Å²) in [5.41, 5.74) is 0. The Morgan fingerprint density at radius 3 is 1.86 bits per heavy atom. The zero-order valence-electron chi connectivity index (χ0n) is 4.35. The molecule has 0 rings (SSSR count). The molecule has 0 fully saturated rings. The maximum Gasteiger partial charge on any atom is 0 e. The van der Waals surface area contributed by atoms with Crippen molar-refractivity contribution in [2.45, 2.75) is 13.3 Å². The fourth-order valence-electron chi connectivity index (χ4n) is 0. The summed E-state index contributed by atoms with van der Waals surface area (Å²) in [6, 6.07) is 0. The second-order valence-electron chi connectivity index (χ2n) is 0.498. The smallest absolute Gasteiger partial charge is 0 e. The molecule has 3 heteroatoms. The van der Waals surface area contributed by atoms with E-state index in [1.165, 1.54) is 0 Å². The predicted molar refractivity (Wildman–Crippen MR) is 23.3 cm³/mol. The normalized spacial score (nSPS) is 4.43. The molecule has 0 aliphatic rings. The maximum atomic E-state index is 9.05. The van der Waals surface area contributed by atoms with E-state index in [9.17, 15) is 0 Å². The van der Waals surface area contributed by atoms with Crippen LogP contribution in [0.2, 0.25) is 0 Å². The summed E-state index contributed by atoms with van der Waals surface area (Å²) in [6.07, 6.45) is 2.19. The maximum absolute atomic E-state index is 9.05. The Bertz CT molecular complexity index is 23.7. The van der Waals surface area contributed by atoms with Crippen molar-refractivity contribution < 1.29 is 42.6 Å². The van der Waals surface area contributed by atoms with Crippen molar-refractivity contribution in [1.82, 2.24) is 0 Å². The van der Waals surface area contributed by atoms with Gasteiger partial charge in [-0.1, -0.05) is 6.92 Å². The van der Waals surface area contributed by atoms with Crippen LogP contribution in [0.4, 0.5) is 0 Å². The van der Waals surface area contributed by atoms with Gasteiger partial charge in [-0.3, -0.25) is 6.29 Å². The molecule has 1 N–H and O–H groups in total. The fourth-order valence-corrected chi connectivity index (χ4v) is 0. The van der Waals surface area contributed by atoms with Crippen LogP contribution in [-0.4, -0.2) is 11.4 Å². The summed E-state index contributed by atoms with van der Waals surface area (Å²) >= 11 is 0. The third-order valence-electron chi connectivity index (χ3n) is 0.144. The molecule has 0 amide bonds. The van der Waals surface area contributed by atoms with Gasteiger partial charge in [0.1, 0.15) is 0 Å². The van der Waals surface area contributed by atoms with Crippen molar-refractivity contribution in [3.63, 3.8) is 0 Å². The second-order valence-corrected chi connectivity index (χ2v) is 0.498. The Hall–Kier alpha value is 0.734. The average Bonchev–Trinajstić information content (AvgIpc) is 1.72. The first kappa shape index (κ1) is 15.6. The minimum absolute atomic E-state index is 0. The monoisotopic (exact) mass is 177 g/mol. The van der Waals surface area contributed by atoms with E-state index in [1.54, 1.807) is 13.2 Å². The molecule has 0 spiro atoms. The summed E-state index contributed by atoms with van der Waals surface area (Å²) < 4.78 is 0. The van der Waals surface area contributed by atoms with Gasteiger partial charge >= 0.3 is 0 Å². The van der Waals surface area contributed by atoms with Crippen LogP contribution >= 0.6 is 0 Å². The molecule has 0 bridgehead atoms. The Morgan fingerprint density at radius 2 is 1.86 bits per heavy atom. The molecule has 0 atom stereocenters. The molecule has 0 heterocycles. The summed E-state index contributed by atoms with van der Waals surface area (Å²) in [5, 5.41) is 6.75. The van der Waals surface area contributed by atoms with Gasteiger partial charge in [-0.05, 0) is 0 Å². The molecule has 7 heavy (non-hydrogen) atoms. The van der Waals surface area contributed by atoms with Gasteiger partial charge in [0.2, 0.25) is 0 Å². The van der Waals surface area contributed by atoms with Crippen LogP contribution in [0.3, 0.4) is 0 Å². The molecule has 0 aliphatic heterocycles. The van der Waals surface area contributed by atoms with Crippen LogP contribution < -0.4 is 0 Å². The Kier molecular flexibility index (Phi) is 66.2. The third-order valence-corrected chi connectivity index (χ3v) is 0.144. The molecule has 0 aromatic rings. The van der Waals surface area contributed by atoms with Crippen molar-refractivity contribution in [2.24, 2.45) is 0 Å². The van der Waals surface area contributed by atoms with E-state index >= 15 is 0 Å². The summed E-state index contributed by atoms with van der Waals surface area (Å²) in [4.78, 5) is 9.05. The number of aliphatic hydroxyl groups is 1. The zero-order chi connectivity index (χ0) is 5.41. The topological polar surface area (TPSA) is 37.3 Å². The van der Waals surface area contributed by atoms with E-state index in [-0.39, 0.29) is 32.7 Å². The summed E-state index contributed by atoms with van der Waals surface area (Å²) in [5.74, 6) is 0. The van der Waals surface area contributed by atoms with Crippen LogP contribution in [-0.2, 0) is 37.5 Å². The number of carbonyl (C=O) groups excluding carboxylic acids is 1. The third kappa shape index (κ3) is 50.2. The minimum atomic E-state index is 0. The number of hydrogen-bond donors (Lipinski definition) is 1. The second kappa shape index (κ2) is 29.6. The van der Waals surface area contributed by atoms with Gasteiger partial charge < -0.3 is 9.90 Å². The molecular formula is C4H8O2Y-2. The molecule has 0 saturated carbocycles. The SMILES string of the molecule is CC[C-]=O.[CH2-]O.[Y]. The molecule has 41 valence electrons. The Balaban J connectivity index is -0.0000000480. The summed E-state index contributed by atoms with van der Waals surface area (Å²) in [7, 11) is 2.25. The van der Waals surface area contributed by atoms with Crippen molar-refractivity contribution in [3.8, 4) is 0 Å². The Morgan fingerprint density at radius 1 is 1.71 bits per heavy atom. The standard InChI is InChI=1S/C3H5O.CH3O.Y/c1-2-3-4;1-2;/h2H2,1H3;2H,1H2;/q2*-1;. The average molecular weight is 177 g/mol. The summed E-state index contributed by atoms with van der Waals surface area (Å²) in [6.45, 7) is 1.76. The number of aliphatic hydroxyl groups excluding tert-OH is 1. The molecule has 2 nitrogen and oxygen atoms in total. The predicted octanol–water partition coefficient (Wildman–Crippen LogP) is 0.654. The Labute approximate surface area is 69.2 Å². The van der Waals surface area contributed by atoms with Crippen LogP contribution in [0.15, 0.2) is 0 Å². The van der Waals surface area contributed by atoms with E-state index in [0.29, 0.717) is 6.42 Å². The molecule has 0 unspecified atom stereocenters. The van der Waals surface area contributed by atoms with Crippen LogP contribution in [0.5, 0.6) is 0 Å². The zero-order valence-corrected chi connectivity index (χ0v) is 7.19. The van der Waals surface area contributed by atoms with Crippen molar-refractivity contribution in [2.75, 3.05) is 0 Å². The molecule has 1 radical (unpaired) electrons. The van der Waals surface area contributed by atoms with E-state index in [0.717, 1.165) is 0 Å². The van der Waals surface area contributed by atoms with Gasteiger partial charge in [-0.15, -0.1) is 0 Å². The van der Waals surface area contributed by atoms with E-state index in [2.05, 4.69) is 7.11 Å². The molecule has 0 saturated heterocycles. The van der Waals surface area contributed by atoms with E-state index in [4.69, 9.17) is 9.90 Å². The van der Waals surface area contributed by atoms with Gasteiger partial charge in [0.05, 0.1) is 0 Å². The fraction of sp³-hybridized carbons (Fsp3) is 0.500. The van der Waals surface area contributed by atoms with E-state index < -0.39 is 0 Å². The van der Waals surface area contributed by atoms with Crippen LogP contribution in [0, 0.1) is 7.11 Å². The van der Waals surface area contributed by atoms with Crippen molar-refractivity contribution >= 4 is 6.29 Å². The first-order valence-electron chi connectivity index (χ1n) is 1.58. The number of hydrogen-bond acceptors (Lipinski definition) is 2. The van der Waals surface area contributed by atoms with Crippen LogP contribution in [0.25, 0.3) is 0 Å². The van der Waals surface area contributed by atoms with Gasteiger partial charge in [0.15, 0.2) is 0 Å². The van der Waals surface area contributed by atoms with Gasteiger partial charge in [0, 0.05) is 32.7 Å². The molecule has 0 aromatic heterocycles. The number of rotatable bonds is 1. The largest absolute Gasteiger partial charge is 0.569 e. The molecular weight excluding hydrogens is 169 g/mol. The van der Waals surface area contributed by atoms with Crippen LogP contribution in [0.1, 0.15) is 13.3 Å². The molecule has 0 aromatic carbocycles. The molecule has 0 aliphatic carbocycles. The first-order chi connectivity index (χ1) is 2.91. The van der Waals surface area contributed by atoms with Gasteiger partial charge in [-0.25, -0.2) is 7.11 Å². The quantitative estimate of drug-likeness (QED) is 0.597. The van der Waals surface area contributed by atoms with Crippen molar-refractivity contribution in [3.05, 3.63) is 7.11 Å².